The number of hydrogen-bond acceptors (Lipinski definition) is 14. The quantitative estimate of drug-likeness (QED) is 0.143. The fourth-order valence-electron chi connectivity index (χ4n) is 8.35. The van der Waals surface area contributed by atoms with Crippen molar-refractivity contribution in [2.75, 3.05) is 38.0 Å². The SMILES string of the molecule is Cc1ccc2nc(-c3ccc4occc4c3)n(-c3ccnc(NC4CCOCC4)n3)c2c1.Cc1ccc2nc(-c3ccc4occc4c3)n(-c3ccnc(S(C)(=O)=O)n3)c2c1.NC1CCOCC1. The fourth-order valence-corrected chi connectivity index (χ4v) is 8.86. The van der Waals surface area contributed by atoms with Crippen molar-refractivity contribution in [2.24, 2.45) is 5.73 Å². The smallest absolute Gasteiger partial charge is 0.248 e. The van der Waals surface area contributed by atoms with Gasteiger partial charge in [-0.15, -0.1) is 0 Å². The summed E-state index contributed by atoms with van der Waals surface area (Å²) >= 11 is 0. The van der Waals surface area contributed by atoms with Crippen molar-refractivity contribution in [1.29, 1.82) is 0 Å². The summed E-state index contributed by atoms with van der Waals surface area (Å²) in [5.74, 6) is 3.34. The first-order chi connectivity index (χ1) is 33.0. The van der Waals surface area contributed by atoms with E-state index in [1.165, 1.54) is 11.8 Å². The molecule has 10 aromatic rings. The molecule has 0 spiro atoms. The summed E-state index contributed by atoms with van der Waals surface area (Å²) in [6.07, 6.45) is 11.7. The molecule has 0 bridgehead atoms. The van der Waals surface area contributed by atoms with E-state index in [2.05, 4.69) is 56.0 Å². The van der Waals surface area contributed by atoms with Gasteiger partial charge in [-0.05, 0) is 136 Å². The summed E-state index contributed by atoms with van der Waals surface area (Å²) in [5, 5.41) is 5.25. The molecule has 12 rings (SSSR count). The Morgan fingerprint density at radius 3 is 1.63 bits per heavy atom. The van der Waals surface area contributed by atoms with Crippen molar-refractivity contribution in [1.82, 2.24) is 39.0 Å². The minimum absolute atomic E-state index is 0.222. The number of hydrogen-bond donors (Lipinski definition) is 2. The van der Waals surface area contributed by atoms with E-state index in [1.54, 1.807) is 24.8 Å². The van der Waals surface area contributed by atoms with Gasteiger partial charge in [-0.3, -0.25) is 9.13 Å². The lowest BCUT2D eigenvalue weighted by Gasteiger charge is -2.23. The van der Waals surface area contributed by atoms with Crippen molar-refractivity contribution in [2.45, 2.75) is 56.8 Å². The second-order valence-electron chi connectivity index (χ2n) is 17.1. The first-order valence-electron chi connectivity index (χ1n) is 22.5. The van der Waals surface area contributed by atoms with Crippen LogP contribution in [-0.2, 0) is 19.3 Å². The molecule has 3 N–H and O–H groups in total. The molecule has 2 fully saturated rings. The van der Waals surface area contributed by atoms with Gasteiger partial charge in [-0.1, -0.05) is 12.1 Å². The van der Waals surface area contributed by atoms with Crippen LogP contribution in [-0.4, -0.2) is 92.2 Å². The summed E-state index contributed by atoms with van der Waals surface area (Å²) in [5.41, 5.74) is 14.9. The van der Waals surface area contributed by atoms with Crippen LogP contribution >= 0.6 is 0 Å². The Hall–Kier alpha value is -7.31. The number of sulfone groups is 1. The van der Waals surface area contributed by atoms with Crippen molar-refractivity contribution in [3.8, 4) is 34.4 Å². The molecule has 68 heavy (non-hydrogen) atoms. The molecular formula is C51H50N10O6S. The van der Waals surface area contributed by atoms with E-state index in [0.717, 1.165) is 131 Å². The number of nitrogens with zero attached hydrogens (tertiary/aromatic N) is 8. The third-order valence-electron chi connectivity index (χ3n) is 11.9. The molecule has 2 aliphatic heterocycles. The Bertz CT molecular complexity index is 3510. The van der Waals surface area contributed by atoms with E-state index in [4.69, 9.17) is 39.0 Å². The maximum Gasteiger partial charge on any atom is 0.248 e. The Balaban J connectivity index is 0.000000139. The molecule has 0 amide bonds. The lowest BCUT2D eigenvalue weighted by atomic mass is 10.1. The first-order valence-corrected chi connectivity index (χ1v) is 24.4. The zero-order chi connectivity index (χ0) is 46.8. The van der Waals surface area contributed by atoms with Gasteiger partial charge >= 0.3 is 0 Å². The van der Waals surface area contributed by atoms with Gasteiger partial charge < -0.3 is 29.4 Å². The van der Waals surface area contributed by atoms with Crippen molar-refractivity contribution >= 4 is 59.8 Å². The lowest BCUT2D eigenvalue weighted by molar-refractivity contribution is 0.0866. The molecule has 16 nitrogen and oxygen atoms in total. The Morgan fingerprint density at radius 1 is 0.603 bits per heavy atom. The van der Waals surface area contributed by atoms with Gasteiger partial charge in [0.1, 0.15) is 34.5 Å². The van der Waals surface area contributed by atoms with Crippen LogP contribution in [0, 0.1) is 13.8 Å². The van der Waals surface area contributed by atoms with Gasteiger partial charge in [-0.2, -0.15) is 4.98 Å². The molecule has 8 heterocycles. The minimum Gasteiger partial charge on any atom is -0.464 e. The van der Waals surface area contributed by atoms with Crippen LogP contribution in [0.4, 0.5) is 5.95 Å². The van der Waals surface area contributed by atoms with Crippen molar-refractivity contribution < 1.29 is 26.7 Å². The van der Waals surface area contributed by atoms with Gasteiger partial charge in [0, 0.05) is 79.1 Å². The van der Waals surface area contributed by atoms with E-state index in [1.807, 2.05) is 78.2 Å². The summed E-state index contributed by atoms with van der Waals surface area (Å²) in [4.78, 5) is 27.3. The highest BCUT2D eigenvalue weighted by atomic mass is 32.2. The van der Waals surface area contributed by atoms with Gasteiger partial charge in [-0.25, -0.2) is 33.3 Å². The summed E-state index contributed by atoms with van der Waals surface area (Å²) in [6, 6.07) is 32.4. The maximum absolute atomic E-state index is 12.0. The maximum atomic E-state index is 12.0. The molecule has 6 aromatic heterocycles. The number of anilines is 1. The van der Waals surface area contributed by atoms with E-state index in [0.29, 0.717) is 29.7 Å². The number of rotatable bonds is 7. The largest absolute Gasteiger partial charge is 0.464 e. The zero-order valence-corrected chi connectivity index (χ0v) is 38.7. The number of ether oxygens (including phenoxy) is 2. The molecule has 0 radical (unpaired) electrons. The topological polar surface area (TPSA) is 204 Å². The first kappa shape index (κ1) is 44.5. The second-order valence-corrected chi connectivity index (χ2v) is 19.0. The number of aromatic nitrogens is 8. The standard InChI is InChI=1S/C25H23N5O2.C21H16N4O3S.C5H11NO/c1-16-2-4-20-21(14-16)30(24(28-20)18-3-5-22-17(15-18)7-13-32-22)23-6-10-26-25(29-23)27-19-8-11-31-12-9-19;1-13-3-5-16-17(11-13)25(19-7-9-22-21(24-19)29(2,26)27)20(23-16)15-4-6-18-14(12-15)8-10-28-18;6-5-1-3-7-4-2-5/h2-7,10,13-15,19H,8-9,11-12H2,1H3,(H,26,27,29);3-12H,1-2H3;5H,1-4,6H2. The summed E-state index contributed by atoms with van der Waals surface area (Å²) < 4.78 is 49.4. The zero-order valence-electron chi connectivity index (χ0n) is 37.9. The molecule has 0 aliphatic carbocycles. The van der Waals surface area contributed by atoms with E-state index in [-0.39, 0.29) is 5.16 Å². The highest BCUT2D eigenvalue weighted by Gasteiger charge is 2.21. The molecule has 4 aromatic carbocycles. The number of benzene rings is 4. The number of imidazole rings is 2. The van der Waals surface area contributed by atoms with Crippen LogP contribution in [0.5, 0.6) is 0 Å². The van der Waals surface area contributed by atoms with Crippen LogP contribution in [0.3, 0.4) is 0 Å². The van der Waals surface area contributed by atoms with Crippen LogP contribution in [0.25, 0.3) is 78.4 Å². The number of nitrogens with two attached hydrogens (primary N) is 1. The molecule has 2 aliphatic rings. The van der Waals surface area contributed by atoms with Gasteiger partial charge in [0.05, 0.1) is 34.6 Å². The molecular weight excluding hydrogens is 881 g/mol. The van der Waals surface area contributed by atoms with Crippen molar-refractivity contribution in [3.63, 3.8) is 0 Å². The summed E-state index contributed by atoms with van der Waals surface area (Å²) in [7, 11) is -3.54. The normalized spacial score (nSPS) is 14.8. The van der Waals surface area contributed by atoms with E-state index in [9.17, 15) is 8.42 Å². The Morgan fingerprint density at radius 2 is 1.12 bits per heavy atom. The number of nitrogens with one attached hydrogen (secondary N) is 1. The fraction of sp³-hybridized carbons (Fsp3) is 0.255. The van der Waals surface area contributed by atoms with Crippen LogP contribution in [0.15, 0.2) is 136 Å². The average Bonchev–Trinajstić information content (AvgIpc) is 4.17. The van der Waals surface area contributed by atoms with Crippen LogP contribution in [0.1, 0.15) is 36.8 Å². The number of aryl methyl sites for hydroxylation is 2. The molecule has 0 unspecified atom stereocenters. The average molecular weight is 931 g/mol. The van der Waals surface area contributed by atoms with Gasteiger partial charge in [0.15, 0.2) is 0 Å². The minimum atomic E-state index is -3.54. The number of fused-ring (bicyclic) bond motifs is 4. The van der Waals surface area contributed by atoms with E-state index >= 15 is 0 Å². The monoisotopic (exact) mass is 930 g/mol. The van der Waals surface area contributed by atoms with Crippen molar-refractivity contribution in [3.05, 3.63) is 133 Å². The second kappa shape index (κ2) is 19.1. The highest BCUT2D eigenvalue weighted by Crippen LogP contribution is 2.33. The summed E-state index contributed by atoms with van der Waals surface area (Å²) in [6.45, 7) is 7.34. The Labute approximate surface area is 392 Å². The third-order valence-corrected chi connectivity index (χ3v) is 12.8. The predicted molar refractivity (Wildman–Crippen MR) is 262 cm³/mol. The lowest BCUT2D eigenvalue weighted by Crippen LogP contribution is -2.28. The predicted octanol–water partition coefficient (Wildman–Crippen LogP) is 9.19. The molecule has 0 saturated carbocycles. The highest BCUT2D eigenvalue weighted by molar-refractivity contribution is 7.90. The number of furan rings is 2. The van der Waals surface area contributed by atoms with E-state index < -0.39 is 9.84 Å². The van der Waals surface area contributed by atoms with Gasteiger partial charge in [0.2, 0.25) is 20.9 Å². The molecule has 0 atom stereocenters. The van der Waals surface area contributed by atoms with Gasteiger partial charge in [0.25, 0.3) is 0 Å². The van der Waals surface area contributed by atoms with Crippen LogP contribution in [0.2, 0.25) is 0 Å². The Kier molecular flexibility index (Phi) is 12.5. The third kappa shape index (κ3) is 9.59. The van der Waals surface area contributed by atoms with Crippen LogP contribution < -0.4 is 11.1 Å². The molecule has 346 valence electrons. The molecule has 2 saturated heterocycles. The molecule has 17 heteroatoms.